The van der Waals surface area contributed by atoms with Gasteiger partial charge in [-0.3, -0.25) is 0 Å². The Labute approximate surface area is 191 Å². The van der Waals surface area contributed by atoms with Crippen LogP contribution in [-0.2, 0) is 10.0 Å². The fraction of sp³-hybridized carbons (Fsp3) is 0.273. The summed E-state index contributed by atoms with van der Waals surface area (Å²) in [6.45, 7) is 0. The molecule has 1 aromatic heterocycles. The number of hydrazone groups is 1. The van der Waals surface area contributed by atoms with Crippen molar-refractivity contribution < 1.29 is 22.6 Å². The maximum absolute atomic E-state index is 12.6. The van der Waals surface area contributed by atoms with Gasteiger partial charge in [-0.15, -0.1) is 0 Å². The van der Waals surface area contributed by atoms with Crippen LogP contribution in [0.5, 0.6) is 17.2 Å². The predicted molar refractivity (Wildman–Crippen MR) is 123 cm³/mol. The fourth-order valence-electron chi connectivity index (χ4n) is 3.71. The van der Waals surface area contributed by atoms with Gasteiger partial charge >= 0.3 is 0 Å². The first-order valence-corrected chi connectivity index (χ1v) is 11.9. The van der Waals surface area contributed by atoms with E-state index >= 15 is 0 Å². The molecule has 0 fully saturated rings. The molecule has 2 heterocycles. The second-order valence-corrected chi connectivity index (χ2v) is 9.50. The standard InChI is InChI=1S/C22H22ClN3O5S/c1-29-15-7-5-13(6-8-15)18-11-19(26(25-18)32(4,27)28)16-9-14-10-20(30-2)21(31-3)12-17(14)24-22(16)23/h5-10,12,19H,11H2,1-4H3/t19-/m1/s1. The van der Waals surface area contributed by atoms with Crippen LogP contribution in [0.4, 0.5) is 0 Å². The van der Waals surface area contributed by atoms with Gasteiger partial charge in [-0.1, -0.05) is 11.6 Å². The smallest absolute Gasteiger partial charge is 0.247 e. The van der Waals surface area contributed by atoms with Gasteiger partial charge in [0.2, 0.25) is 10.0 Å². The molecule has 2 aromatic carbocycles. The third kappa shape index (κ3) is 4.05. The van der Waals surface area contributed by atoms with E-state index < -0.39 is 16.1 Å². The van der Waals surface area contributed by atoms with Crippen LogP contribution >= 0.6 is 11.6 Å². The van der Waals surface area contributed by atoms with Crippen molar-refractivity contribution in [3.8, 4) is 17.2 Å². The van der Waals surface area contributed by atoms with Crippen LogP contribution in [0.3, 0.4) is 0 Å². The molecule has 32 heavy (non-hydrogen) atoms. The molecule has 0 saturated heterocycles. The number of hydrogen-bond acceptors (Lipinski definition) is 7. The number of halogens is 1. The molecule has 0 bridgehead atoms. The van der Waals surface area contributed by atoms with Gasteiger partial charge in [0.15, 0.2) is 11.5 Å². The molecule has 0 radical (unpaired) electrons. The summed E-state index contributed by atoms with van der Waals surface area (Å²) in [5.41, 5.74) is 2.60. The molecular formula is C22H22ClN3O5S. The number of nitrogens with zero attached hydrogens (tertiary/aromatic N) is 3. The largest absolute Gasteiger partial charge is 0.497 e. The van der Waals surface area contributed by atoms with Crippen LogP contribution in [0, 0.1) is 0 Å². The highest BCUT2D eigenvalue weighted by atomic mass is 35.5. The number of pyridine rings is 1. The Morgan fingerprint density at radius 3 is 2.25 bits per heavy atom. The number of hydrogen-bond donors (Lipinski definition) is 0. The number of aromatic nitrogens is 1. The Hall–Kier alpha value is -3.04. The summed E-state index contributed by atoms with van der Waals surface area (Å²) in [5, 5.41) is 5.36. The molecule has 8 nitrogen and oxygen atoms in total. The predicted octanol–water partition coefficient (Wildman–Crippen LogP) is 4.02. The van der Waals surface area contributed by atoms with Gasteiger partial charge in [-0.05, 0) is 42.0 Å². The summed E-state index contributed by atoms with van der Waals surface area (Å²) in [6.07, 6.45) is 1.47. The first kappa shape index (κ1) is 22.2. The van der Waals surface area contributed by atoms with Gasteiger partial charge in [-0.2, -0.15) is 9.52 Å². The molecule has 0 unspecified atom stereocenters. The molecule has 1 atom stereocenters. The van der Waals surface area contributed by atoms with E-state index in [2.05, 4.69) is 10.1 Å². The normalized spacial score (nSPS) is 16.2. The van der Waals surface area contributed by atoms with Crippen molar-refractivity contribution in [1.82, 2.24) is 9.40 Å². The summed E-state index contributed by atoms with van der Waals surface area (Å²) in [5.74, 6) is 1.77. The zero-order valence-electron chi connectivity index (χ0n) is 18.0. The van der Waals surface area contributed by atoms with Gasteiger partial charge in [-0.25, -0.2) is 13.4 Å². The molecule has 0 N–H and O–H groups in total. The van der Waals surface area contributed by atoms with Gasteiger partial charge in [0, 0.05) is 23.4 Å². The van der Waals surface area contributed by atoms with E-state index in [1.54, 1.807) is 45.6 Å². The molecule has 0 saturated carbocycles. The molecule has 0 spiro atoms. The number of ether oxygens (including phenoxy) is 3. The highest BCUT2D eigenvalue weighted by Crippen LogP contribution is 2.40. The number of sulfonamides is 1. The van der Waals surface area contributed by atoms with Crippen molar-refractivity contribution in [1.29, 1.82) is 0 Å². The quantitative estimate of drug-likeness (QED) is 0.500. The molecule has 3 aromatic rings. The monoisotopic (exact) mass is 475 g/mol. The first-order chi connectivity index (χ1) is 15.2. The van der Waals surface area contributed by atoms with E-state index in [1.165, 1.54) is 0 Å². The molecule has 4 rings (SSSR count). The van der Waals surface area contributed by atoms with Crippen molar-refractivity contribution in [2.75, 3.05) is 27.6 Å². The SMILES string of the molecule is COc1ccc(C2=NN(S(C)(=O)=O)[C@@H](c3cc4cc(OC)c(OC)cc4nc3Cl)C2)cc1. The van der Waals surface area contributed by atoms with Gasteiger partial charge in [0.05, 0.1) is 44.9 Å². The maximum Gasteiger partial charge on any atom is 0.247 e. The Morgan fingerprint density at radius 1 is 1.00 bits per heavy atom. The van der Waals surface area contributed by atoms with E-state index in [1.807, 2.05) is 18.2 Å². The van der Waals surface area contributed by atoms with Crippen LogP contribution in [0.25, 0.3) is 10.9 Å². The highest BCUT2D eigenvalue weighted by molar-refractivity contribution is 7.88. The summed E-state index contributed by atoms with van der Waals surface area (Å²) in [4.78, 5) is 4.48. The maximum atomic E-state index is 12.6. The van der Waals surface area contributed by atoms with Crippen LogP contribution in [0.1, 0.15) is 23.6 Å². The summed E-state index contributed by atoms with van der Waals surface area (Å²) >= 11 is 6.53. The minimum absolute atomic E-state index is 0.203. The van der Waals surface area contributed by atoms with Crippen LogP contribution < -0.4 is 14.2 Å². The lowest BCUT2D eigenvalue weighted by Crippen LogP contribution is -2.26. The second kappa shape index (κ2) is 8.48. The third-order valence-electron chi connectivity index (χ3n) is 5.30. The average Bonchev–Trinajstić information content (AvgIpc) is 3.23. The van der Waals surface area contributed by atoms with Crippen LogP contribution in [-0.4, -0.2) is 51.1 Å². The van der Waals surface area contributed by atoms with Gasteiger partial charge < -0.3 is 14.2 Å². The Bertz CT molecular complexity index is 1310. The minimum atomic E-state index is -3.66. The Kier molecular flexibility index (Phi) is 5.87. The third-order valence-corrected chi connectivity index (χ3v) is 6.61. The molecular weight excluding hydrogens is 454 g/mol. The lowest BCUT2D eigenvalue weighted by Gasteiger charge is -2.22. The summed E-state index contributed by atoms with van der Waals surface area (Å²) < 4.78 is 42.1. The molecule has 0 aliphatic carbocycles. The topological polar surface area (TPSA) is 90.3 Å². The van der Waals surface area contributed by atoms with Crippen molar-refractivity contribution >= 4 is 38.2 Å². The van der Waals surface area contributed by atoms with E-state index in [9.17, 15) is 8.42 Å². The summed E-state index contributed by atoms with van der Waals surface area (Å²) in [7, 11) is 1.02. The number of fused-ring (bicyclic) bond motifs is 1. The van der Waals surface area contributed by atoms with Crippen molar-refractivity contribution in [2.24, 2.45) is 5.10 Å². The van der Waals surface area contributed by atoms with Crippen molar-refractivity contribution in [2.45, 2.75) is 12.5 Å². The number of benzene rings is 2. The Morgan fingerprint density at radius 2 is 1.66 bits per heavy atom. The first-order valence-electron chi connectivity index (χ1n) is 9.68. The molecule has 1 aliphatic heterocycles. The fourth-order valence-corrected chi connectivity index (χ4v) is 4.88. The number of methoxy groups -OCH3 is 3. The van der Waals surface area contributed by atoms with E-state index in [-0.39, 0.29) is 5.15 Å². The van der Waals surface area contributed by atoms with Crippen molar-refractivity contribution in [3.63, 3.8) is 0 Å². The lowest BCUT2D eigenvalue weighted by molar-refractivity contribution is 0.355. The second-order valence-electron chi connectivity index (χ2n) is 7.30. The summed E-state index contributed by atoms with van der Waals surface area (Å²) in [6, 6.07) is 12.0. The number of rotatable bonds is 6. The van der Waals surface area contributed by atoms with Crippen LogP contribution in [0.15, 0.2) is 47.6 Å². The average molecular weight is 476 g/mol. The van der Waals surface area contributed by atoms with Crippen molar-refractivity contribution in [3.05, 3.63) is 58.7 Å². The molecule has 0 amide bonds. The van der Waals surface area contributed by atoms with Gasteiger partial charge in [0.25, 0.3) is 0 Å². The molecule has 168 valence electrons. The van der Waals surface area contributed by atoms with E-state index in [0.29, 0.717) is 40.5 Å². The highest BCUT2D eigenvalue weighted by Gasteiger charge is 2.36. The molecule has 10 heteroatoms. The Balaban J connectivity index is 1.79. The van der Waals surface area contributed by atoms with Gasteiger partial charge in [0.1, 0.15) is 10.9 Å². The lowest BCUT2D eigenvalue weighted by atomic mass is 9.99. The zero-order valence-corrected chi connectivity index (χ0v) is 19.6. The van der Waals surface area contributed by atoms with E-state index in [4.69, 9.17) is 25.8 Å². The van der Waals surface area contributed by atoms with Crippen LogP contribution in [0.2, 0.25) is 5.15 Å². The molecule has 1 aliphatic rings. The minimum Gasteiger partial charge on any atom is -0.497 e. The zero-order chi connectivity index (χ0) is 23.0. The van der Waals surface area contributed by atoms with E-state index in [0.717, 1.165) is 21.6 Å².